The van der Waals surface area contributed by atoms with Crippen LogP contribution in [0.15, 0.2) is 28.7 Å². The van der Waals surface area contributed by atoms with Crippen LogP contribution in [-0.2, 0) is 0 Å². The fraction of sp³-hybridized carbons (Fsp3) is 0.500. The van der Waals surface area contributed by atoms with Crippen LogP contribution in [0.3, 0.4) is 0 Å². The summed E-state index contributed by atoms with van der Waals surface area (Å²) in [5.74, 6) is 0.566. The zero-order valence-electron chi connectivity index (χ0n) is 13.6. The minimum atomic E-state index is -0.624. The lowest BCUT2D eigenvalue weighted by molar-refractivity contribution is 0.0357. The van der Waals surface area contributed by atoms with Gasteiger partial charge in [0.25, 0.3) is 5.91 Å². The lowest BCUT2D eigenvalue weighted by atomic mass is 9.86. The van der Waals surface area contributed by atoms with Gasteiger partial charge < -0.3 is 15.0 Å². The predicted octanol–water partition coefficient (Wildman–Crippen LogP) is 3.94. The van der Waals surface area contributed by atoms with E-state index in [-0.39, 0.29) is 5.91 Å². The van der Waals surface area contributed by atoms with Crippen LogP contribution in [0, 0.1) is 5.92 Å². The highest BCUT2D eigenvalue weighted by Crippen LogP contribution is 2.27. The van der Waals surface area contributed by atoms with Gasteiger partial charge >= 0.3 is 0 Å². The number of fused-ring (bicyclic) bond motifs is 1. The van der Waals surface area contributed by atoms with Crippen molar-refractivity contribution in [3.8, 4) is 0 Å². The summed E-state index contributed by atoms with van der Waals surface area (Å²) in [6.07, 6.45) is 2.72. The first-order chi connectivity index (χ1) is 10.8. The van der Waals surface area contributed by atoms with Crippen molar-refractivity contribution in [1.29, 1.82) is 0 Å². The van der Waals surface area contributed by atoms with Crippen molar-refractivity contribution in [2.75, 3.05) is 13.1 Å². The lowest BCUT2D eigenvalue weighted by Crippen LogP contribution is -2.40. The number of hydrogen-bond donors (Lipinski definition) is 2. The molecule has 4 nitrogen and oxygen atoms in total. The zero-order chi connectivity index (χ0) is 16.6. The number of aromatic amines is 1. The number of piperidine rings is 1. The Morgan fingerprint density at radius 2 is 2.04 bits per heavy atom. The molecule has 0 aliphatic carbocycles. The minimum Gasteiger partial charge on any atom is -0.390 e. The number of aromatic nitrogens is 1. The number of hydrogen-bond acceptors (Lipinski definition) is 2. The molecule has 0 atom stereocenters. The van der Waals surface area contributed by atoms with Crippen molar-refractivity contribution in [2.45, 2.75) is 38.7 Å². The smallest absolute Gasteiger partial charge is 0.270 e. The van der Waals surface area contributed by atoms with Gasteiger partial charge in [-0.05, 0) is 57.2 Å². The standard InChI is InChI=1S/C18H23BrN2O2/c1-18(2,23)11-12-5-7-21(8-6-12)17(22)16-9-13-3-4-14(19)10-15(13)20-16/h3-4,9-10,12,20,23H,5-8,11H2,1-2H3. The van der Waals surface area contributed by atoms with Crippen LogP contribution in [0.2, 0.25) is 0 Å². The van der Waals surface area contributed by atoms with E-state index in [9.17, 15) is 9.90 Å². The molecule has 1 fully saturated rings. The quantitative estimate of drug-likeness (QED) is 0.849. The summed E-state index contributed by atoms with van der Waals surface area (Å²) in [6.45, 7) is 5.23. The van der Waals surface area contributed by atoms with E-state index in [0.29, 0.717) is 11.6 Å². The molecule has 2 heterocycles. The molecule has 1 aliphatic heterocycles. The number of nitrogens with zero attached hydrogens (tertiary/aromatic N) is 1. The van der Waals surface area contributed by atoms with Crippen LogP contribution < -0.4 is 0 Å². The van der Waals surface area contributed by atoms with E-state index >= 15 is 0 Å². The Morgan fingerprint density at radius 1 is 1.35 bits per heavy atom. The number of halogens is 1. The summed E-state index contributed by atoms with van der Waals surface area (Å²) in [7, 11) is 0. The van der Waals surface area contributed by atoms with Crippen LogP contribution in [-0.4, -0.2) is 39.6 Å². The number of nitrogens with one attached hydrogen (secondary N) is 1. The molecule has 23 heavy (non-hydrogen) atoms. The van der Waals surface area contributed by atoms with Gasteiger partial charge in [0.1, 0.15) is 5.69 Å². The molecule has 0 radical (unpaired) electrons. The number of carbonyl (C=O) groups is 1. The normalized spacial score (nSPS) is 17.0. The Balaban J connectivity index is 1.66. The van der Waals surface area contributed by atoms with Gasteiger partial charge in [0, 0.05) is 28.5 Å². The van der Waals surface area contributed by atoms with Gasteiger partial charge in [-0.25, -0.2) is 0 Å². The van der Waals surface area contributed by atoms with Crippen LogP contribution in [0.25, 0.3) is 10.9 Å². The molecule has 0 saturated carbocycles. The maximum atomic E-state index is 12.7. The van der Waals surface area contributed by atoms with E-state index in [1.807, 2.05) is 43.0 Å². The second-order valence-corrected chi connectivity index (χ2v) is 8.08. The first-order valence-electron chi connectivity index (χ1n) is 8.12. The second-order valence-electron chi connectivity index (χ2n) is 7.17. The molecule has 0 unspecified atom stereocenters. The van der Waals surface area contributed by atoms with Gasteiger partial charge in [-0.15, -0.1) is 0 Å². The van der Waals surface area contributed by atoms with E-state index in [1.165, 1.54) is 0 Å². The third-order valence-electron chi connectivity index (χ3n) is 4.50. The van der Waals surface area contributed by atoms with Gasteiger partial charge in [0.15, 0.2) is 0 Å². The van der Waals surface area contributed by atoms with Gasteiger partial charge in [0.05, 0.1) is 5.60 Å². The first-order valence-corrected chi connectivity index (χ1v) is 8.91. The highest BCUT2D eigenvalue weighted by atomic mass is 79.9. The number of H-pyrrole nitrogens is 1. The molecule has 1 aromatic carbocycles. The van der Waals surface area contributed by atoms with Crippen molar-refractivity contribution in [2.24, 2.45) is 5.92 Å². The van der Waals surface area contributed by atoms with Gasteiger partial charge in [0.2, 0.25) is 0 Å². The van der Waals surface area contributed by atoms with Crippen molar-refractivity contribution < 1.29 is 9.90 Å². The monoisotopic (exact) mass is 378 g/mol. The number of carbonyl (C=O) groups excluding carboxylic acids is 1. The topological polar surface area (TPSA) is 56.3 Å². The third kappa shape index (κ3) is 3.96. The average molecular weight is 379 g/mol. The van der Waals surface area contributed by atoms with E-state index in [2.05, 4.69) is 20.9 Å². The Hall–Kier alpha value is -1.33. The highest BCUT2D eigenvalue weighted by molar-refractivity contribution is 9.10. The van der Waals surface area contributed by atoms with Crippen molar-refractivity contribution >= 4 is 32.7 Å². The van der Waals surface area contributed by atoms with Crippen LogP contribution in [0.1, 0.15) is 43.6 Å². The largest absolute Gasteiger partial charge is 0.390 e. The first kappa shape index (κ1) is 16.5. The molecule has 0 bridgehead atoms. The summed E-state index contributed by atoms with van der Waals surface area (Å²) in [4.78, 5) is 17.8. The Bertz CT molecular complexity index is 709. The number of rotatable bonds is 3. The third-order valence-corrected chi connectivity index (χ3v) is 5.00. The molecule has 3 rings (SSSR count). The molecule has 1 saturated heterocycles. The molecule has 2 N–H and O–H groups in total. The molecule has 1 aromatic heterocycles. The fourth-order valence-electron chi connectivity index (χ4n) is 3.43. The second kappa shape index (κ2) is 6.29. The number of aliphatic hydroxyl groups is 1. The van der Waals surface area contributed by atoms with Crippen molar-refractivity contribution in [3.63, 3.8) is 0 Å². The summed E-state index contributed by atoms with van der Waals surface area (Å²) < 4.78 is 0.998. The lowest BCUT2D eigenvalue weighted by Gasteiger charge is -2.34. The molecular formula is C18H23BrN2O2. The molecular weight excluding hydrogens is 356 g/mol. The van der Waals surface area contributed by atoms with Gasteiger partial charge in [-0.2, -0.15) is 0 Å². The average Bonchev–Trinajstić information content (AvgIpc) is 2.88. The van der Waals surface area contributed by atoms with Gasteiger partial charge in [-0.3, -0.25) is 4.79 Å². The van der Waals surface area contributed by atoms with Gasteiger partial charge in [-0.1, -0.05) is 22.0 Å². The van der Waals surface area contributed by atoms with Crippen LogP contribution >= 0.6 is 15.9 Å². The molecule has 0 spiro atoms. The molecule has 2 aromatic rings. The Morgan fingerprint density at radius 3 is 2.70 bits per heavy atom. The predicted molar refractivity (Wildman–Crippen MR) is 95.5 cm³/mol. The summed E-state index contributed by atoms with van der Waals surface area (Å²) in [5.41, 5.74) is 1.00. The van der Waals surface area contributed by atoms with E-state index in [4.69, 9.17) is 0 Å². The zero-order valence-corrected chi connectivity index (χ0v) is 15.2. The van der Waals surface area contributed by atoms with E-state index in [1.54, 1.807) is 0 Å². The van der Waals surface area contributed by atoms with Crippen molar-refractivity contribution in [1.82, 2.24) is 9.88 Å². The summed E-state index contributed by atoms with van der Waals surface area (Å²) >= 11 is 3.45. The molecule has 1 amide bonds. The van der Waals surface area contributed by atoms with Crippen LogP contribution in [0.4, 0.5) is 0 Å². The van der Waals surface area contributed by atoms with Crippen LogP contribution in [0.5, 0.6) is 0 Å². The number of amides is 1. The SMILES string of the molecule is CC(C)(O)CC1CCN(C(=O)c2cc3ccc(Br)cc3[nH]2)CC1. The molecule has 124 valence electrons. The number of benzene rings is 1. The van der Waals surface area contributed by atoms with E-state index in [0.717, 1.165) is 47.7 Å². The maximum Gasteiger partial charge on any atom is 0.270 e. The van der Waals surface area contributed by atoms with E-state index < -0.39 is 5.60 Å². The number of likely N-dealkylation sites (tertiary alicyclic amines) is 1. The summed E-state index contributed by atoms with van der Waals surface area (Å²) in [6, 6.07) is 7.89. The maximum absolute atomic E-state index is 12.7. The van der Waals surface area contributed by atoms with Crippen molar-refractivity contribution in [3.05, 3.63) is 34.4 Å². The minimum absolute atomic E-state index is 0.0685. The Labute approximate surface area is 145 Å². The molecule has 5 heteroatoms. The Kier molecular flexibility index (Phi) is 4.52. The fourth-order valence-corrected chi connectivity index (χ4v) is 3.79. The molecule has 1 aliphatic rings. The summed E-state index contributed by atoms with van der Waals surface area (Å²) in [5, 5.41) is 11.0. The highest BCUT2D eigenvalue weighted by Gasteiger charge is 2.27.